The summed E-state index contributed by atoms with van der Waals surface area (Å²) in [6, 6.07) is 10.5. The molecule has 2 aliphatic rings. The van der Waals surface area contributed by atoms with Crippen LogP contribution in [0.2, 0.25) is 0 Å². The van der Waals surface area contributed by atoms with Gasteiger partial charge in [0.05, 0.1) is 31.0 Å². The first-order chi connectivity index (χ1) is 12.7. The molecule has 0 amide bonds. The van der Waals surface area contributed by atoms with Crippen LogP contribution in [0.5, 0.6) is 0 Å². The van der Waals surface area contributed by atoms with Crippen LogP contribution in [0.3, 0.4) is 0 Å². The van der Waals surface area contributed by atoms with Crippen LogP contribution in [-0.2, 0) is 4.74 Å². The van der Waals surface area contributed by atoms with Crippen LogP contribution in [0.4, 0.5) is 0 Å². The first-order valence-electron chi connectivity index (χ1n) is 9.16. The number of H-pyrrole nitrogens is 1. The molecule has 2 aromatic heterocycles. The lowest BCUT2D eigenvalue weighted by atomic mass is 10.0. The maximum Gasteiger partial charge on any atom is 0.170 e. The average Bonchev–Trinajstić information content (AvgIpc) is 3.24. The summed E-state index contributed by atoms with van der Waals surface area (Å²) < 4.78 is 5.45. The molecule has 2 aromatic rings. The van der Waals surface area contributed by atoms with Crippen molar-refractivity contribution in [2.45, 2.75) is 19.0 Å². The number of thiocarbonyl (C=S) groups is 1. The Bertz CT molecular complexity index is 743. The van der Waals surface area contributed by atoms with Crippen molar-refractivity contribution in [2.75, 3.05) is 39.4 Å². The number of rotatable bonds is 5. The Hall–Kier alpha value is -1.96. The summed E-state index contributed by atoms with van der Waals surface area (Å²) in [5.41, 5.74) is 3.35. The van der Waals surface area contributed by atoms with E-state index >= 15 is 0 Å². The zero-order valence-electron chi connectivity index (χ0n) is 15.0. The summed E-state index contributed by atoms with van der Waals surface area (Å²) in [4.78, 5) is 12.8. The highest BCUT2D eigenvalue weighted by Gasteiger charge is 2.40. The van der Waals surface area contributed by atoms with Gasteiger partial charge in [-0.05, 0) is 43.4 Å². The molecule has 0 saturated carbocycles. The minimum absolute atomic E-state index is 0.0476. The van der Waals surface area contributed by atoms with Crippen LogP contribution < -0.4 is 5.32 Å². The van der Waals surface area contributed by atoms with Gasteiger partial charge in [-0.3, -0.25) is 9.88 Å². The second kappa shape index (κ2) is 7.73. The summed E-state index contributed by atoms with van der Waals surface area (Å²) in [5.74, 6) is 0. The molecule has 26 heavy (non-hydrogen) atoms. The van der Waals surface area contributed by atoms with Crippen molar-refractivity contribution in [1.82, 2.24) is 25.1 Å². The van der Waals surface area contributed by atoms with Crippen molar-refractivity contribution >= 4 is 17.3 Å². The third-order valence-electron chi connectivity index (χ3n) is 5.13. The number of aromatic amines is 1. The molecular weight excluding hydrogens is 346 g/mol. The molecule has 2 saturated heterocycles. The zero-order valence-corrected chi connectivity index (χ0v) is 15.8. The van der Waals surface area contributed by atoms with Crippen molar-refractivity contribution in [2.24, 2.45) is 0 Å². The molecule has 2 fully saturated rings. The zero-order chi connectivity index (χ0) is 17.9. The number of aryl methyl sites for hydroxylation is 1. The van der Waals surface area contributed by atoms with Crippen LogP contribution >= 0.6 is 12.2 Å². The van der Waals surface area contributed by atoms with Crippen molar-refractivity contribution in [3.8, 4) is 0 Å². The summed E-state index contributed by atoms with van der Waals surface area (Å²) >= 11 is 5.70. The van der Waals surface area contributed by atoms with E-state index in [2.05, 4.69) is 50.2 Å². The highest BCUT2D eigenvalue weighted by atomic mass is 32.1. The number of ether oxygens (including phenoxy) is 1. The van der Waals surface area contributed by atoms with Crippen molar-refractivity contribution in [3.05, 3.63) is 53.6 Å². The smallest absolute Gasteiger partial charge is 0.170 e. The van der Waals surface area contributed by atoms with E-state index in [1.165, 1.54) is 5.69 Å². The lowest BCUT2D eigenvalue weighted by molar-refractivity contribution is 0.0350. The van der Waals surface area contributed by atoms with E-state index in [4.69, 9.17) is 17.0 Å². The summed E-state index contributed by atoms with van der Waals surface area (Å²) in [6.07, 6.45) is 1.84. The van der Waals surface area contributed by atoms with Crippen molar-refractivity contribution in [3.63, 3.8) is 0 Å². The van der Waals surface area contributed by atoms with Gasteiger partial charge in [-0.2, -0.15) is 0 Å². The van der Waals surface area contributed by atoms with Gasteiger partial charge in [0.25, 0.3) is 0 Å². The van der Waals surface area contributed by atoms with E-state index in [0.717, 1.165) is 55.9 Å². The van der Waals surface area contributed by atoms with Gasteiger partial charge >= 0.3 is 0 Å². The number of nitrogens with one attached hydrogen (secondary N) is 2. The molecule has 6 nitrogen and oxygen atoms in total. The first kappa shape index (κ1) is 17.5. The number of pyridine rings is 1. The number of morpholine rings is 1. The Morgan fingerprint density at radius 2 is 2.04 bits per heavy atom. The fourth-order valence-corrected chi connectivity index (χ4v) is 4.09. The van der Waals surface area contributed by atoms with E-state index in [-0.39, 0.29) is 12.1 Å². The predicted molar refractivity (Wildman–Crippen MR) is 105 cm³/mol. The molecule has 4 rings (SSSR count). The topological polar surface area (TPSA) is 56.4 Å². The molecule has 0 radical (unpaired) electrons. The van der Waals surface area contributed by atoms with Gasteiger partial charge in [-0.25, -0.2) is 0 Å². The Balaban J connectivity index is 1.57. The molecule has 0 unspecified atom stereocenters. The first-order valence-corrected chi connectivity index (χ1v) is 9.57. The second-order valence-corrected chi connectivity index (χ2v) is 7.26. The monoisotopic (exact) mass is 371 g/mol. The van der Waals surface area contributed by atoms with Crippen LogP contribution in [-0.4, -0.2) is 64.3 Å². The molecule has 0 spiro atoms. The highest BCUT2D eigenvalue weighted by Crippen LogP contribution is 2.37. The van der Waals surface area contributed by atoms with Gasteiger partial charge in [-0.1, -0.05) is 6.07 Å². The van der Waals surface area contributed by atoms with Crippen molar-refractivity contribution < 1.29 is 4.74 Å². The minimum atomic E-state index is 0.0476. The number of hydrogen-bond donors (Lipinski definition) is 2. The quantitative estimate of drug-likeness (QED) is 0.785. The van der Waals surface area contributed by atoms with E-state index in [1.54, 1.807) is 0 Å². The molecule has 4 heterocycles. The number of hydrogen-bond acceptors (Lipinski definition) is 4. The summed E-state index contributed by atoms with van der Waals surface area (Å²) in [5, 5.41) is 4.29. The largest absolute Gasteiger partial charge is 0.379 e. The Morgan fingerprint density at radius 1 is 1.19 bits per heavy atom. The highest BCUT2D eigenvalue weighted by molar-refractivity contribution is 7.80. The second-order valence-electron chi connectivity index (χ2n) is 6.87. The van der Waals surface area contributed by atoms with E-state index in [0.29, 0.717) is 0 Å². The SMILES string of the molecule is Cc1ccc([C@H]2[C@@H](c3ccccn3)NC(=S)N2CCN2CCOCC2)[nH]1. The fourth-order valence-electron chi connectivity index (χ4n) is 3.76. The van der Waals surface area contributed by atoms with Gasteiger partial charge in [0.2, 0.25) is 0 Å². The molecule has 2 N–H and O–H groups in total. The maximum atomic E-state index is 5.70. The lowest BCUT2D eigenvalue weighted by Crippen LogP contribution is -2.42. The van der Waals surface area contributed by atoms with E-state index < -0.39 is 0 Å². The standard InChI is InChI=1S/C19H25N5OS/c1-14-5-6-16(21-14)18-17(15-4-2-3-7-20-15)22-19(26)24(18)9-8-23-10-12-25-13-11-23/h2-7,17-18,21H,8-13H2,1H3,(H,22,26)/t17-,18+/m1/s1. The minimum Gasteiger partial charge on any atom is -0.379 e. The molecule has 7 heteroatoms. The molecule has 2 aliphatic heterocycles. The number of aromatic nitrogens is 2. The fraction of sp³-hybridized carbons (Fsp3) is 0.474. The van der Waals surface area contributed by atoms with Gasteiger partial charge in [-0.15, -0.1) is 0 Å². The van der Waals surface area contributed by atoms with Crippen molar-refractivity contribution in [1.29, 1.82) is 0 Å². The Kier molecular flexibility index (Phi) is 5.19. The molecule has 2 atom stereocenters. The Labute approximate surface area is 159 Å². The molecule has 0 bridgehead atoms. The third-order valence-corrected chi connectivity index (χ3v) is 5.48. The summed E-state index contributed by atoms with van der Waals surface area (Å²) in [7, 11) is 0. The van der Waals surface area contributed by atoms with Gasteiger partial charge in [0, 0.05) is 43.8 Å². The molecule has 0 aliphatic carbocycles. The average molecular weight is 372 g/mol. The maximum absolute atomic E-state index is 5.70. The predicted octanol–water partition coefficient (Wildman–Crippen LogP) is 2.02. The summed E-state index contributed by atoms with van der Waals surface area (Å²) in [6.45, 7) is 7.57. The normalized spacial score (nSPS) is 24.0. The molecule has 138 valence electrons. The molecule has 0 aromatic carbocycles. The number of nitrogens with zero attached hydrogens (tertiary/aromatic N) is 3. The molecular formula is C19H25N5OS. The third kappa shape index (κ3) is 3.60. The van der Waals surface area contributed by atoms with E-state index in [9.17, 15) is 0 Å². The van der Waals surface area contributed by atoms with Gasteiger partial charge < -0.3 is 19.9 Å². The van der Waals surface area contributed by atoms with Gasteiger partial charge in [0.1, 0.15) is 0 Å². The van der Waals surface area contributed by atoms with Crippen LogP contribution in [0.25, 0.3) is 0 Å². The van der Waals surface area contributed by atoms with Crippen LogP contribution in [0.1, 0.15) is 29.2 Å². The van der Waals surface area contributed by atoms with E-state index in [1.807, 2.05) is 18.3 Å². The van der Waals surface area contributed by atoms with Gasteiger partial charge in [0.15, 0.2) is 5.11 Å². The Morgan fingerprint density at radius 3 is 2.73 bits per heavy atom. The van der Waals surface area contributed by atoms with Crippen LogP contribution in [0.15, 0.2) is 36.5 Å². The lowest BCUT2D eigenvalue weighted by Gasteiger charge is -2.31. The van der Waals surface area contributed by atoms with Crippen LogP contribution in [0, 0.1) is 6.92 Å².